The summed E-state index contributed by atoms with van der Waals surface area (Å²) >= 11 is 5.91. The van der Waals surface area contributed by atoms with Crippen LogP contribution in [-0.2, 0) is 0 Å². The van der Waals surface area contributed by atoms with E-state index in [0.29, 0.717) is 0 Å². The molecule has 0 spiro atoms. The molecule has 98 valence electrons. The van der Waals surface area contributed by atoms with Gasteiger partial charge in [-0.2, -0.15) is 0 Å². The van der Waals surface area contributed by atoms with Gasteiger partial charge in [0.1, 0.15) is 5.02 Å². The van der Waals surface area contributed by atoms with Crippen molar-refractivity contribution in [1.29, 1.82) is 0 Å². The number of anilines is 1. The van der Waals surface area contributed by atoms with Crippen molar-refractivity contribution in [2.75, 3.05) is 11.9 Å². The molecule has 0 unspecified atom stereocenters. The lowest BCUT2D eigenvalue weighted by molar-refractivity contribution is -0.384. The molecule has 1 aliphatic rings. The fourth-order valence-corrected chi connectivity index (χ4v) is 2.70. The first kappa shape index (κ1) is 13.1. The topological polar surface area (TPSA) is 55.2 Å². The number of nitro benzene ring substituents is 1. The monoisotopic (exact) mass is 268 g/mol. The van der Waals surface area contributed by atoms with Crippen LogP contribution in [0.1, 0.15) is 31.2 Å². The van der Waals surface area contributed by atoms with Gasteiger partial charge in [0.05, 0.1) is 4.92 Å². The predicted octanol–water partition coefficient (Wildman–Crippen LogP) is 4.16. The smallest absolute Gasteiger partial charge is 0.288 e. The molecule has 0 atom stereocenters. The Kier molecular flexibility index (Phi) is 4.07. The Bertz CT molecular complexity index is 457. The van der Waals surface area contributed by atoms with Gasteiger partial charge in [0.25, 0.3) is 5.69 Å². The number of nitrogens with one attached hydrogen (secondary N) is 1. The largest absolute Gasteiger partial charge is 0.385 e. The Morgan fingerprint density at radius 3 is 2.72 bits per heavy atom. The second kappa shape index (κ2) is 5.57. The number of nitrogens with zero attached hydrogens (tertiary/aromatic N) is 1. The van der Waals surface area contributed by atoms with Gasteiger partial charge in [0, 0.05) is 18.3 Å². The van der Waals surface area contributed by atoms with E-state index in [1.54, 1.807) is 6.07 Å². The van der Waals surface area contributed by atoms with Crippen LogP contribution in [-0.4, -0.2) is 11.5 Å². The summed E-state index contributed by atoms with van der Waals surface area (Å²) in [6.07, 6.45) is 5.16. The molecule has 1 saturated carbocycles. The van der Waals surface area contributed by atoms with Gasteiger partial charge in [-0.1, -0.05) is 24.4 Å². The number of hydrogen-bond donors (Lipinski definition) is 1. The molecule has 0 heterocycles. The molecule has 0 amide bonds. The van der Waals surface area contributed by atoms with Crippen LogP contribution in [0.3, 0.4) is 0 Å². The molecule has 1 N–H and O–H groups in total. The van der Waals surface area contributed by atoms with E-state index in [1.165, 1.54) is 31.7 Å². The second-order valence-corrected chi connectivity index (χ2v) is 5.31. The standard InChI is InChI=1S/C13H17ClN2O2/c1-9-6-13(16(17)18)11(14)7-12(9)15-8-10-4-2-3-5-10/h6-7,10,15H,2-5,8H2,1H3. The van der Waals surface area contributed by atoms with Crippen LogP contribution in [0.4, 0.5) is 11.4 Å². The molecule has 2 rings (SSSR count). The van der Waals surface area contributed by atoms with E-state index in [9.17, 15) is 10.1 Å². The summed E-state index contributed by atoms with van der Waals surface area (Å²) in [5.74, 6) is 0.721. The molecular weight excluding hydrogens is 252 g/mol. The molecule has 0 bridgehead atoms. The molecule has 1 fully saturated rings. The first-order valence-electron chi connectivity index (χ1n) is 6.26. The lowest BCUT2D eigenvalue weighted by Crippen LogP contribution is -2.11. The molecule has 18 heavy (non-hydrogen) atoms. The Labute approximate surface area is 111 Å². The zero-order chi connectivity index (χ0) is 13.1. The number of halogens is 1. The second-order valence-electron chi connectivity index (χ2n) is 4.91. The van der Waals surface area contributed by atoms with Crippen molar-refractivity contribution in [3.63, 3.8) is 0 Å². The summed E-state index contributed by atoms with van der Waals surface area (Å²) in [5, 5.41) is 14.3. The summed E-state index contributed by atoms with van der Waals surface area (Å²) in [7, 11) is 0. The zero-order valence-electron chi connectivity index (χ0n) is 10.4. The molecule has 0 radical (unpaired) electrons. The maximum absolute atomic E-state index is 10.8. The fraction of sp³-hybridized carbons (Fsp3) is 0.538. The minimum Gasteiger partial charge on any atom is -0.385 e. The van der Waals surface area contributed by atoms with Gasteiger partial charge in [0.2, 0.25) is 0 Å². The van der Waals surface area contributed by atoms with Crippen molar-refractivity contribution in [2.45, 2.75) is 32.6 Å². The van der Waals surface area contributed by atoms with Crippen LogP contribution in [0.2, 0.25) is 5.02 Å². The highest BCUT2D eigenvalue weighted by Crippen LogP contribution is 2.31. The Morgan fingerprint density at radius 2 is 2.11 bits per heavy atom. The molecule has 0 aliphatic heterocycles. The van der Waals surface area contributed by atoms with Crippen LogP contribution < -0.4 is 5.32 Å². The van der Waals surface area contributed by atoms with Gasteiger partial charge in [-0.15, -0.1) is 0 Å². The number of benzene rings is 1. The minimum atomic E-state index is -0.448. The number of aryl methyl sites for hydroxylation is 1. The van der Waals surface area contributed by atoms with E-state index in [2.05, 4.69) is 5.32 Å². The van der Waals surface area contributed by atoms with Gasteiger partial charge < -0.3 is 5.32 Å². The van der Waals surface area contributed by atoms with E-state index in [-0.39, 0.29) is 10.7 Å². The maximum atomic E-state index is 10.8. The van der Waals surface area contributed by atoms with Crippen molar-refractivity contribution in [1.82, 2.24) is 0 Å². The SMILES string of the molecule is Cc1cc([N+](=O)[O-])c(Cl)cc1NCC1CCCC1. The predicted molar refractivity (Wildman–Crippen MR) is 73.3 cm³/mol. The Balaban J connectivity index is 2.08. The van der Waals surface area contributed by atoms with Crippen LogP contribution in [0.5, 0.6) is 0 Å². The molecule has 0 aromatic heterocycles. The fourth-order valence-electron chi connectivity index (χ4n) is 2.47. The molecule has 1 aromatic carbocycles. The summed E-state index contributed by atoms with van der Waals surface area (Å²) in [4.78, 5) is 10.3. The van der Waals surface area contributed by atoms with E-state index >= 15 is 0 Å². The summed E-state index contributed by atoms with van der Waals surface area (Å²) in [5.41, 5.74) is 1.74. The molecule has 0 saturated heterocycles. The molecular formula is C13H17ClN2O2. The summed E-state index contributed by atoms with van der Waals surface area (Å²) in [6.45, 7) is 2.79. The molecule has 1 aromatic rings. The van der Waals surface area contributed by atoms with Crippen molar-refractivity contribution in [2.24, 2.45) is 5.92 Å². The highest BCUT2D eigenvalue weighted by atomic mass is 35.5. The summed E-state index contributed by atoms with van der Waals surface area (Å²) < 4.78 is 0. The highest BCUT2D eigenvalue weighted by molar-refractivity contribution is 6.33. The van der Waals surface area contributed by atoms with Gasteiger partial charge in [-0.05, 0) is 37.3 Å². The zero-order valence-corrected chi connectivity index (χ0v) is 11.2. The third-order valence-corrected chi connectivity index (χ3v) is 3.85. The third-order valence-electron chi connectivity index (χ3n) is 3.55. The Hall–Kier alpha value is -1.29. The van der Waals surface area contributed by atoms with E-state index in [1.807, 2.05) is 6.92 Å². The van der Waals surface area contributed by atoms with Crippen LogP contribution >= 0.6 is 11.6 Å². The van der Waals surface area contributed by atoms with E-state index < -0.39 is 4.92 Å². The van der Waals surface area contributed by atoms with E-state index in [4.69, 9.17) is 11.6 Å². The van der Waals surface area contributed by atoms with Crippen molar-refractivity contribution >= 4 is 23.0 Å². The minimum absolute atomic E-state index is 0.0272. The number of hydrogen-bond acceptors (Lipinski definition) is 3. The molecule has 1 aliphatic carbocycles. The first-order valence-corrected chi connectivity index (χ1v) is 6.64. The summed E-state index contributed by atoms with van der Waals surface area (Å²) in [6, 6.07) is 3.18. The Morgan fingerprint density at radius 1 is 1.44 bits per heavy atom. The van der Waals surface area contributed by atoms with Gasteiger partial charge in [-0.25, -0.2) is 0 Å². The van der Waals surface area contributed by atoms with Crippen LogP contribution in [0.15, 0.2) is 12.1 Å². The number of nitro groups is 1. The van der Waals surface area contributed by atoms with E-state index in [0.717, 1.165) is 23.7 Å². The average molecular weight is 269 g/mol. The van der Waals surface area contributed by atoms with Crippen LogP contribution in [0, 0.1) is 23.0 Å². The lowest BCUT2D eigenvalue weighted by Gasteiger charge is -2.14. The average Bonchev–Trinajstić information content (AvgIpc) is 2.82. The van der Waals surface area contributed by atoms with Crippen molar-refractivity contribution < 1.29 is 4.92 Å². The first-order chi connectivity index (χ1) is 8.58. The van der Waals surface area contributed by atoms with Gasteiger partial charge in [-0.3, -0.25) is 10.1 Å². The number of rotatable bonds is 4. The highest BCUT2D eigenvalue weighted by Gasteiger charge is 2.17. The maximum Gasteiger partial charge on any atom is 0.288 e. The molecule has 4 nitrogen and oxygen atoms in total. The third kappa shape index (κ3) is 2.93. The van der Waals surface area contributed by atoms with Gasteiger partial charge >= 0.3 is 0 Å². The normalized spacial score (nSPS) is 15.9. The van der Waals surface area contributed by atoms with Gasteiger partial charge in [0.15, 0.2) is 0 Å². The quantitative estimate of drug-likeness (QED) is 0.659. The lowest BCUT2D eigenvalue weighted by atomic mass is 10.1. The van der Waals surface area contributed by atoms with Crippen molar-refractivity contribution in [3.8, 4) is 0 Å². The molecule has 5 heteroatoms. The van der Waals surface area contributed by atoms with Crippen molar-refractivity contribution in [3.05, 3.63) is 32.8 Å². The van der Waals surface area contributed by atoms with Crippen LogP contribution in [0.25, 0.3) is 0 Å².